The van der Waals surface area contributed by atoms with E-state index in [4.69, 9.17) is 0 Å². The van der Waals surface area contributed by atoms with Crippen LogP contribution in [0, 0.1) is 0 Å². The molecule has 1 aliphatic rings. The Labute approximate surface area is 135 Å². The highest BCUT2D eigenvalue weighted by molar-refractivity contribution is 7.99. The summed E-state index contributed by atoms with van der Waals surface area (Å²) in [6.07, 6.45) is 3.29. The predicted octanol–water partition coefficient (Wildman–Crippen LogP) is 2.80. The number of fused-ring (bicyclic) bond motifs is 5. The quantitative estimate of drug-likeness (QED) is 0.547. The van der Waals surface area contributed by atoms with Gasteiger partial charge in [-0.25, -0.2) is 0 Å². The predicted molar refractivity (Wildman–Crippen MR) is 91.2 cm³/mol. The van der Waals surface area contributed by atoms with Gasteiger partial charge >= 0.3 is 0 Å². The van der Waals surface area contributed by atoms with E-state index < -0.39 is 0 Å². The van der Waals surface area contributed by atoms with E-state index >= 15 is 0 Å². The van der Waals surface area contributed by atoms with Crippen molar-refractivity contribution in [1.82, 2.24) is 19.2 Å². The fourth-order valence-electron chi connectivity index (χ4n) is 2.97. The van der Waals surface area contributed by atoms with E-state index in [9.17, 15) is 4.79 Å². The molecule has 0 saturated carbocycles. The normalized spacial score (nSPS) is 14.1. The number of nitrogens with zero attached hydrogens (tertiary/aromatic N) is 4. The third-order valence-corrected chi connectivity index (χ3v) is 6.41. The molecular weight excluding hydrogens is 316 g/mol. The van der Waals surface area contributed by atoms with E-state index in [1.165, 1.54) is 16.9 Å². The van der Waals surface area contributed by atoms with Gasteiger partial charge in [-0.15, -0.1) is 21.5 Å². The van der Waals surface area contributed by atoms with Gasteiger partial charge < -0.3 is 0 Å². The first-order valence-corrected chi connectivity index (χ1v) is 9.03. The molecular formula is C15H16N4OS2. The zero-order valence-electron chi connectivity index (χ0n) is 12.5. The van der Waals surface area contributed by atoms with E-state index in [-0.39, 0.29) is 5.56 Å². The third kappa shape index (κ3) is 1.88. The molecule has 0 radical (unpaired) electrons. The molecule has 0 bridgehead atoms. The molecule has 1 aliphatic carbocycles. The number of thiophene rings is 1. The molecule has 0 spiro atoms. The summed E-state index contributed by atoms with van der Waals surface area (Å²) in [6, 6.07) is 0. The van der Waals surface area contributed by atoms with Gasteiger partial charge in [0.2, 0.25) is 5.78 Å². The molecule has 0 atom stereocenters. The first kappa shape index (κ1) is 14.0. The number of thioether (sulfide) groups is 1. The Morgan fingerprint density at radius 2 is 2.23 bits per heavy atom. The summed E-state index contributed by atoms with van der Waals surface area (Å²) in [4.78, 5) is 13.9. The van der Waals surface area contributed by atoms with Crippen LogP contribution in [0.4, 0.5) is 0 Å². The SMILES string of the molecule is C=C(C)CSc1nnc2n(C)c(=O)c3sc4c(c3n12)CCC4. The Balaban J connectivity index is 2.08. The van der Waals surface area contributed by atoms with Crippen LogP contribution in [-0.4, -0.2) is 24.9 Å². The topological polar surface area (TPSA) is 52.2 Å². The highest BCUT2D eigenvalue weighted by Gasteiger charge is 2.24. The van der Waals surface area contributed by atoms with E-state index in [0.29, 0.717) is 5.78 Å². The Hall–Kier alpha value is -1.60. The molecule has 114 valence electrons. The van der Waals surface area contributed by atoms with Crippen LogP contribution in [0.1, 0.15) is 23.8 Å². The fourth-order valence-corrected chi connectivity index (χ4v) is 5.09. The maximum atomic E-state index is 12.6. The van der Waals surface area contributed by atoms with Crippen molar-refractivity contribution in [2.75, 3.05) is 5.75 Å². The average molecular weight is 332 g/mol. The summed E-state index contributed by atoms with van der Waals surface area (Å²) in [5.41, 5.74) is 3.48. The standard InChI is InChI=1S/C15H16N4OS2/c1-8(2)7-21-15-17-16-14-18(3)13(20)12-11(19(14)15)9-5-4-6-10(9)22-12/h1,4-7H2,2-3H3. The maximum absolute atomic E-state index is 12.6. The van der Waals surface area contributed by atoms with Crippen LogP contribution in [0.2, 0.25) is 0 Å². The number of hydrogen-bond acceptors (Lipinski definition) is 5. The van der Waals surface area contributed by atoms with Gasteiger partial charge in [0.05, 0.1) is 5.52 Å². The van der Waals surface area contributed by atoms with Gasteiger partial charge in [0.1, 0.15) is 4.70 Å². The van der Waals surface area contributed by atoms with Crippen LogP contribution in [0.5, 0.6) is 0 Å². The number of hydrogen-bond donors (Lipinski definition) is 0. The maximum Gasteiger partial charge on any atom is 0.272 e. The van der Waals surface area contributed by atoms with Gasteiger partial charge in [0.15, 0.2) is 5.16 Å². The summed E-state index contributed by atoms with van der Waals surface area (Å²) in [5, 5.41) is 9.39. The van der Waals surface area contributed by atoms with Crippen LogP contribution in [0.3, 0.4) is 0 Å². The van der Waals surface area contributed by atoms with Crippen molar-refractivity contribution in [3.8, 4) is 0 Å². The smallest absolute Gasteiger partial charge is 0.272 e. The summed E-state index contributed by atoms with van der Waals surface area (Å²) in [6.45, 7) is 5.95. The first-order chi connectivity index (χ1) is 10.6. The minimum absolute atomic E-state index is 0.0331. The Morgan fingerprint density at radius 1 is 1.41 bits per heavy atom. The van der Waals surface area contributed by atoms with Gasteiger partial charge in [-0.3, -0.25) is 13.8 Å². The van der Waals surface area contributed by atoms with Crippen molar-refractivity contribution in [2.24, 2.45) is 7.05 Å². The molecule has 5 nitrogen and oxygen atoms in total. The molecule has 0 N–H and O–H groups in total. The zero-order valence-corrected chi connectivity index (χ0v) is 14.2. The molecule has 22 heavy (non-hydrogen) atoms. The second-order valence-electron chi connectivity index (χ2n) is 5.76. The molecule has 4 rings (SSSR count). The second kappa shape index (κ2) is 4.96. The van der Waals surface area contributed by atoms with Gasteiger partial charge in [-0.2, -0.15) is 0 Å². The van der Waals surface area contributed by atoms with E-state index in [0.717, 1.165) is 39.5 Å². The van der Waals surface area contributed by atoms with Gasteiger partial charge in [0.25, 0.3) is 5.56 Å². The monoisotopic (exact) mass is 332 g/mol. The second-order valence-corrected chi connectivity index (χ2v) is 7.81. The van der Waals surface area contributed by atoms with Gasteiger partial charge in [0, 0.05) is 17.7 Å². The Morgan fingerprint density at radius 3 is 3.00 bits per heavy atom. The van der Waals surface area contributed by atoms with Crippen LogP contribution < -0.4 is 5.56 Å². The molecule has 0 fully saturated rings. The number of aromatic nitrogens is 4. The molecule has 7 heteroatoms. The van der Waals surface area contributed by atoms with Crippen molar-refractivity contribution in [3.63, 3.8) is 0 Å². The fraction of sp³-hybridized carbons (Fsp3) is 0.400. The summed E-state index contributed by atoms with van der Waals surface area (Å²) in [5.74, 6) is 1.42. The van der Waals surface area contributed by atoms with Crippen LogP contribution in [0.25, 0.3) is 16.0 Å². The summed E-state index contributed by atoms with van der Waals surface area (Å²) in [7, 11) is 1.77. The van der Waals surface area contributed by atoms with Crippen molar-refractivity contribution in [1.29, 1.82) is 0 Å². The Bertz CT molecular complexity index is 979. The van der Waals surface area contributed by atoms with Gasteiger partial charge in [-0.05, 0) is 31.7 Å². The van der Waals surface area contributed by atoms with E-state index in [1.54, 1.807) is 34.7 Å². The third-order valence-electron chi connectivity index (χ3n) is 3.98. The van der Waals surface area contributed by atoms with Crippen molar-refractivity contribution in [2.45, 2.75) is 31.3 Å². The molecule has 0 aliphatic heterocycles. The lowest BCUT2D eigenvalue weighted by Gasteiger charge is -2.06. The van der Waals surface area contributed by atoms with Crippen molar-refractivity contribution < 1.29 is 0 Å². The lowest BCUT2D eigenvalue weighted by atomic mass is 10.2. The lowest BCUT2D eigenvalue weighted by Crippen LogP contribution is -2.19. The van der Waals surface area contributed by atoms with Crippen molar-refractivity contribution >= 4 is 39.1 Å². The lowest BCUT2D eigenvalue weighted by molar-refractivity contribution is 0.852. The molecule has 0 aromatic carbocycles. The van der Waals surface area contributed by atoms with Crippen LogP contribution in [-0.2, 0) is 19.9 Å². The number of rotatable bonds is 3. The van der Waals surface area contributed by atoms with Gasteiger partial charge in [-0.1, -0.05) is 23.9 Å². The zero-order chi connectivity index (χ0) is 15.4. The molecule has 3 aromatic heterocycles. The molecule has 0 amide bonds. The molecule has 0 unspecified atom stereocenters. The molecule has 3 aromatic rings. The average Bonchev–Trinajstić information content (AvgIpc) is 3.15. The largest absolute Gasteiger partial charge is 0.279 e. The summed E-state index contributed by atoms with van der Waals surface area (Å²) < 4.78 is 4.49. The molecule has 3 heterocycles. The molecule has 0 saturated heterocycles. The Kier molecular flexibility index (Phi) is 3.16. The summed E-state index contributed by atoms with van der Waals surface area (Å²) >= 11 is 3.26. The van der Waals surface area contributed by atoms with E-state index in [1.807, 2.05) is 6.92 Å². The van der Waals surface area contributed by atoms with Crippen LogP contribution >= 0.6 is 23.1 Å². The highest BCUT2D eigenvalue weighted by Crippen LogP contribution is 2.37. The minimum atomic E-state index is 0.0331. The first-order valence-electron chi connectivity index (χ1n) is 7.23. The van der Waals surface area contributed by atoms with Crippen molar-refractivity contribution in [3.05, 3.63) is 32.9 Å². The van der Waals surface area contributed by atoms with E-state index in [2.05, 4.69) is 21.2 Å². The van der Waals surface area contributed by atoms with Crippen LogP contribution in [0.15, 0.2) is 22.1 Å². The highest BCUT2D eigenvalue weighted by atomic mass is 32.2. The minimum Gasteiger partial charge on any atom is -0.279 e. The number of aryl methyl sites for hydroxylation is 3.